The van der Waals surface area contributed by atoms with E-state index in [2.05, 4.69) is 5.32 Å². The first-order valence-electron chi connectivity index (χ1n) is 7.28. The number of hydrogen-bond acceptors (Lipinski definition) is 5. The number of esters is 1. The van der Waals surface area contributed by atoms with Gasteiger partial charge in [0.25, 0.3) is 5.91 Å². The maximum absolute atomic E-state index is 11.7. The molecule has 1 aromatic heterocycles. The van der Waals surface area contributed by atoms with E-state index in [0.717, 1.165) is 16.9 Å². The molecule has 0 saturated heterocycles. The number of ether oxygens (including phenoxy) is 1. The maximum Gasteiger partial charge on any atom is 0.316 e. The largest absolute Gasteiger partial charge is 0.455 e. The first kappa shape index (κ1) is 17.6. The number of hydrogen-bond donors (Lipinski definition) is 1. The van der Waals surface area contributed by atoms with E-state index in [9.17, 15) is 9.59 Å². The minimum atomic E-state index is -0.383. The topological polar surface area (TPSA) is 55.4 Å². The summed E-state index contributed by atoms with van der Waals surface area (Å²) in [5.74, 6) is -0.449. The van der Waals surface area contributed by atoms with Gasteiger partial charge in [-0.2, -0.15) is 0 Å². The maximum atomic E-state index is 11.7. The van der Waals surface area contributed by atoms with Gasteiger partial charge in [-0.3, -0.25) is 9.59 Å². The molecule has 2 aromatic rings. The van der Waals surface area contributed by atoms with Gasteiger partial charge in [-0.05, 0) is 36.4 Å². The van der Waals surface area contributed by atoms with E-state index in [-0.39, 0.29) is 24.2 Å². The van der Waals surface area contributed by atoms with E-state index in [0.29, 0.717) is 6.54 Å². The molecule has 0 aliphatic carbocycles. The van der Waals surface area contributed by atoms with Gasteiger partial charge in [0.15, 0.2) is 6.61 Å². The lowest BCUT2D eigenvalue weighted by Gasteiger charge is -2.07. The van der Waals surface area contributed by atoms with Crippen LogP contribution in [-0.2, 0) is 20.7 Å². The van der Waals surface area contributed by atoms with Crippen LogP contribution in [0.25, 0.3) is 0 Å². The molecule has 1 N–H and O–H groups in total. The summed E-state index contributed by atoms with van der Waals surface area (Å²) >= 11 is 3.08. The van der Waals surface area contributed by atoms with Crippen molar-refractivity contribution in [3.8, 4) is 0 Å². The average Bonchev–Trinajstić information content (AvgIpc) is 3.05. The summed E-state index contributed by atoms with van der Waals surface area (Å²) in [5, 5.41) is 4.75. The van der Waals surface area contributed by atoms with Gasteiger partial charge in [0.2, 0.25) is 0 Å². The molecule has 0 aliphatic heterocycles. The third-order valence-electron chi connectivity index (χ3n) is 3.08. The Balaban J connectivity index is 1.60. The van der Waals surface area contributed by atoms with Gasteiger partial charge >= 0.3 is 5.97 Å². The van der Waals surface area contributed by atoms with E-state index < -0.39 is 0 Å². The summed E-state index contributed by atoms with van der Waals surface area (Å²) in [6, 6.07) is 11.9. The highest BCUT2D eigenvalue weighted by atomic mass is 32.2. The van der Waals surface area contributed by atoms with E-state index in [1.54, 1.807) is 11.3 Å². The molecule has 2 rings (SSSR count). The van der Waals surface area contributed by atoms with Crippen molar-refractivity contribution < 1.29 is 14.3 Å². The van der Waals surface area contributed by atoms with E-state index >= 15 is 0 Å². The molecule has 23 heavy (non-hydrogen) atoms. The van der Waals surface area contributed by atoms with Crippen LogP contribution < -0.4 is 5.32 Å². The van der Waals surface area contributed by atoms with Crippen LogP contribution in [0, 0.1) is 6.92 Å². The Labute approximate surface area is 144 Å². The molecular weight excluding hydrogens is 330 g/mol. The van der Waals surface area contributed by atoms with Gasteiger partial charge in [0.1, 0.15) is 0 Å². The van der Waals surface area contributed by atoms with Crippen molar-refractivity contribution in [3.05, 3.63) is 52.2 Å². The Morgan fingerprint density at radius 2 is 2.04 bits per heavy atom. The normalized spacial score (nSPS) is 10.3. The lowest BCUT2D eigenvalue weighted by atomic mass is 10.2. The molecule has 0 unspecified atom stereocenters. The zero-order valence-corrected chi connectivity index (χ0v) is 14.5. The number of thioether (sulfide) groups is 1. The fourth-order valence-electron chi connectivity index (χ4n) is 1.87. The SMILES string of the molecule is Cc1ccccc1SCC(=O)OCC(=O)NCCc1cccs1. The molecule has 4 nitrogen and oxygen atoms in total. The second-order valence-electron chi connectivity index (χ2n) is 4.89. The summed E-state index contributed by atoms with van der Waals surface area (Å²) in [4.78, 5) is 25.5. The van der Waals surface area contributed by atoms with Gasteiger partial charge in [0.05, 0.1) is 5.75 Å². The minimum Gasteiger partial charge on any atom is -0.455 e. The Morgan fingerprint density at radius 3 is 2.78 bits per heavy atom. The predicted octanol–water partition coefficient (Wildman–Crippen LogP) is 3.05. The molecule has 0 aliphatic rings. The van der Waals surface area contributed by atoms with E-state index in [1.165, 1.54) is 16.6 Å². The zero-order valence-electron chi connectivity index (χ0n) is 12.9. The average molecular weight is 349 g/mol. The number of amides is 1. The van der Waals surface area contributed by atoms with Crippen molar-refractivity contribution in [1.29, 1.82) is 0 Å². The molecule has 0 bridgehead atoms. The molecule has 0 atom stereocenters. The Bertz CT molecular complexity index is 641. The smallest absolute Gasteiger partial charge is 0.316 e. The fourth-order valence-corrected chi connectivity index (χ4v) is 3.41. The third kappa shape index (κ3) is 6.46. The second-order valence-corrected chi connectivity index (χ2v) is 6.94. The molecule has 0 spiro atoms. The van der Waals surface area contributed by atoms with Crippen molar-refractivity contribution in [3.63, 3.8) is 0 Å². The van der Waals surface area contributed by atoms with Crippen LogP contribution in [0.3, 0.4) is 0 Å². The highest BCUT2D eigenvalue weighted by molar-refractivity contribution is 8.00. The fraction of sp³-hybridized carbons (Fsp3) is 0.294. The number of thiophene rings is 1. The molecule has 0 radical (unpaired) electrons. The molecular formula is C17H19NO3S2. The summed E-state index contributed by atoms with van der Waals surface area (Å²) in [5.41, 5.74) is 1.12. The van der Waals surface area contributed by atoms with Crippen LogP contribution >= 0.6 is 23.1 Å². The number of benzene rings is 1. The van der Waals surface area contributed by atoms with Crippen molar-refractivity contribution in [1.82, 2.24) is 5.32 Å². The summed E-state index contributed by atoms with van der Waals surface area (Å²) < 4.78 is 4.98. The lowest BCUT2D eigenvalue weighted by Crippen LogP contribution is -2.30. The first-order chi connectivity index (χ1) is 11.1. The Kier molecular flexibility index (Phi) is 7.16. The van der Waals surface area contributed by atoms with Crippen molar-refractivity contribution in [2.75, 3.05) is 18.9 Å². The number of carbonyl (C=O) groups excluding carboxylic acids is 2. The number of nitrogens with one attached hydrogen (secondary N) is 1. The summed E-state index contributed by atoms with van der Waals surface area (Å²) in [6.45, 7) is 2.32. The molecule has 0 saturated carbocycles. The molecule has 0 fully saturated rings. The van der Waals surface area contributed by atoms with Crippen LogP contribution in [0.15, 0.2) is 46.7 Å². The van der Waals surface area contributed by atoms with Crippen LogP contribution in [0.4, 0.5) is 0 Å². The highest BCUT2D eigenvalue weighted by Crippen LogP contribution is 2.21. The van der Waals surface area contributed by atoms with Crippen LogP contribution in [0.2, 0.25) is 0 Å². The predicted molar refractivity (Wildman–Crippen MR) is 93.9 cm³/mol. The quantitative estimate of drug-likeness (QED) is 0.588. The van der Waals surface area contributed by atoms with Crippen molar-refractivity contribution in [2.24, 2.45) is 0 Å². The van der Waals surface area contributed by atoms with Crippen molar-refractivity contribution >= 4 is 35.0 Å². The van der Waals surface area contributed by atoms with Gasteiger partial charge < -0.3 is 10.1 Å². The molecule has 1 heterocycles. The molecule has 1 amide bonds. The van der Waals surface area contributed by atoms with Gasteiger partial charge in [-0.15, -0.1) is 23.1 Å². The van der Waals surface area contributed by atoms with Crippen LogP contribution in [0.5, 0.6) is 0 Å². The number of carbonyl (C=O) groups is 2. The summed E-state index contributed by atoms with van der Waals surface area (Å²) in [6.07, 6.45) is 0.792. The second kappa shape index (κ2) is 9.37. The standard InChI is InChI=1S/C17H19NO3S2/c1-13-5-2-3-7-15(13)23-12-17(20)21-11-16(19)18-9-8-14-6-4-10-22-14/h2-7,10H,8-9,11-12H2,1H3,(H,18,19). The van der Waals surface area contributed by atoms with Gasteiger partial charge in [-0.25, -0.2) is 0 Å². The zero-order chi connectivity index (χ0) is 16.5. The van der Waals surface area contributed by atoms with E-state index in [1.807, 2.05) is 48.7 Å². The van der Waals surface area contributed by atoms with E-state index in [4.69, 9.17) is 4.74 Å². The first-order valence-corrected chi connectivity index (χ1v) is 9.15. The molecule has 1 aromatic carbocycles. The van der Waals surface area contributed by atoms with Crippen molar-refractivity contribution in [2.45, 2.75) is 18.2 Å². The Hall–Kier alpha value is -1.79. The molecule has 6 heteroatoms. The number of aryl methyl sites for hydroxylation is 1. The molecule has 122 valence electrons. The third-order valence-corrected chi connectivity index (χ3v) is 5.16. The highest BCUT2D eigenvalue weighted by Gasteiger charge is 2.09. The lowest BCUT2D eigenvalue weighted by molar-refractivity contribution is -0.145. The van der Waals surface area contributed by atoms with Gasteiger partial charge in [0, 0.05) is 16.3 Å². The monoisotopic (exact) mass is 349 g/mol. The number of rotatable bonds is 8. The Morgan fingerprint density at radius 1 is 1.22 bits per heavy atom. The minimum absolute atomic E-state index is 0.202. The van der Waals surface area contributed by atoms with Crippen LogP contribution in [-0.4, -0.2) is 30.8 Å². The van der Waals surface area contributed by atoms with Crippen LogP contribution in [0.1, 0.15) is 10.4 Å². The van der Waals surface area contributed by atoms with Gasteiger partial charge in [-0.1, -0.05) is 24.3 Å². The summed E-state index contributed by atoms with van der Waals surface area (Å²) in [7, 11) is 0.